The van der Waals surface area contributed by atoms with Gasteiger partial charge >= 0.3 is 5.97 Å². The Labute approximate surface area is 201 Å². The molecule has 1 heterocycles. The summed E-state index contributed by atoms with van der Waals surface area (Å²) in [5, 5.41) is 13.1. The van der Waals surface area contributed by atoms with Crippen molar-refractivity contribution < 1.29 is 29.0 Å². The number of carboxylic acid groups (broad SMARTS) is 1. The van der Waals surface area contributed by atoms with Crippen LogP contribution in [0.25, 0.3) is 10.9 Å². The zero-order valence-corrected chi connectivity index (χ0v) is 19.8. The number of carbonyl (C=O) groups excluding carboxylic acids is 3. The summed E-state index contributed by atoms with van der Waals surface area (Å²) >= 11 is 5.95. The third kappa shape index (κ3) is 5.46. The second-order valence-electron chi connectivity index (χ2n) is 7.97. The molecule has 0 radical (unpaired) electrons. The van der Waals surface area contributed by atoms with E-state index in [4.69, 9.17) is 16.3 Å². The lowest BCUT2D eigenvalue weighted by molar-refractivity contribution is -0.142. The Morgan fingerprint density at radius 2 is 1.79 bits per heavy atom. The van der Waals surface area contributed by atoms with E-state index in [1.165, 1.54) is 18.6 Å². The van der Waals surface area contributed by atoms with Crippen molar-refractivity contribution in [3.8, 4) is 5.75 Å². The maximum Gasteiger partial charge on any atom is 0.326 e. The Morgan fingerprint density at radius 1 is 1.12 bits per heavy atom. The van der Waals surface area contributed by atoms with Crippen LogP contribution in [0.4, 0.5) is 0 Å². The van der Waals surface area contributed by atoms with Gasteiger partial charge in [0.1, 0.15) is 17.6 Å². The molecule has 2 aromatic carbocycles. The summed E-state index contributed by atoms with van der Waals surface area (Å²) in [5.41, 5.74) is 2.14. The molecule has 1 aromatic heterocycles. The molecule has 0 aliphatic rings. The van der Waals surface area contributed by atoms with E-state index < -0.39 is 17.9 Å². The predicted octanol–water partition coefficient (Wildman–Crippen LogP) is 3.78. The minimum Gasteiger partial charge on any atom is -0.497 e. The predicted molar refractivity (Wildman–Crippen MR) is 128 cm³/mol. The molecular formula is C25H25ClN2O6. The summed E-state index contributed by atoms with van der Waals surface area (Å²) in [4.78, 5) is 48.9. The highest BCUT2D eigenvalue weighted by Gasteiger charge is 2.25. The van der Waals surface area contributed by atoms with Gasteiger partial charge in [0.2, 0.25) is 5.91 Å². The first-order valence-electron chi connectivity index (χ1n) is 10.6. The molecule has 0 aliphatic heterocycles. The number of rotatable bonds is 9. The molecule has 0 spiro atoms. The number of ketones is 1. The third-order valence-electron chi connectivity index (χ3n) is 5.59. The van der Waals surface area contributed by atoms with Crippen LogP contribution in [0, 0.1) is 6.92 Å². The topological polar surface area (TPSA) is 115 Å². The van der Waals surface area contributed by atoms with Crippen LogP contribution in [0.5, 0.6) is 5.75 Å². The highest BCUT2D eigenvalue weighted by molar-refractivity contribution is 6.30. The lowest BCUT2D eigenvalue weighted by Gasteiger charge is -2.14. The number of ether oxygens (including phenoxy) is 1. The Hall–Kier alpha value is -3.65. The van der Waals surface area contributed by atoms with E-state index in [1.807, 2.05) is 0 Å². The first-order chi connectivity index (χ1) is 16.1. The monoisotopic (exact) mass is 484 g/mol. The quantitative estimate of drug-likeness (QED) is 0.477. The molecule has 0 aliphatic carbocycles. The molecule has 3 aromatic rings. The van der Waals surface area contributed by atoms with E-state index in [0.717, 1.165) is 0 Å². The third-order valence-corrected chi connectivity index (χ3v) is 5.84. The van der Waals surface area contributed by atoms with E-state index >= 15 is 0 Å². The van der Waals surface area contributed by atoms with Crippen LogP contribution in [0.1, 0.15) is 41.4 Å². The molecule has 8 nitrogen and oxygen atoms in total. The molecule has 34 heavy (non-hydrogen) atoms. The number of aliphatic carboxylic acids is 1. The van der Waals surface area contributed by atoms with Crippen molar-refractivity contribution in [3.05, 3.63) is 64.3 Å². The molecule has 1 atom stereocenters. The number of aromatic nitrogens is 1. The van der Waals surface area contributed by atoms with Crippen molar-refractivity contribution in [1.29, 1.82) is 0 Å². The van der Waals surface area contributed by atoms with Gasteiger partial charge in [0, 0.05) is 28.1 Å². The number of carbonyl (C=O) groups is 4. The normalized spacial score (nSPS) is 11.8. The molecule has 0 saturated heterocycles. The SMILES string of the molecule is COc1ccc2c(c1)c(CC(=O)N[C@@H](CCC(C)=O)C(=O)O)c(C)n2C(=O)c1ccc(Cl)cc1. The van der Waals surface area contributed by atoms with E-state index in [-0.39, 0.29) is 31.0 Å². The Kier molecular flexibility index (Phi) is 7.73. The van der Waals surface area contributed by atoms with Crippen molar-refractivity contribution >= 4 is 46.1 Å². The Morgan fingerprint density at radius 3 is 2.38 bits per heavy atom. The zero-order valence-electron chi connectivity index (χ0n) is 19.1. The Balaban J connectivity index is 1.99. The van der Waals surface area contributed by atoms with E-state index in [0.29, 0.717) is 38.5 Å². The van der Waals surface area contributed by atoms with Crippen LogP contribution < -0.4 is 10.1 Å². The second-order valence-corrected chi connectivity index (χ2v) is 8.41. The van der Waals surface area contributed by atoms with Crippen LogP contribution in [-0.2, 0) is 20.8 Å². The van der Waals surface area contributed by atoms with Crippen molar-refractivity contribution in [2.45, 2.75) is 39.2 Å². The first-order valence-corrected chi connectivity index (χ1v) is 11.0. The number of amides is 1. The minimum atomic E-state index is -1.21. The fraction of sp³-hybridized carbons (Fsp3) is 0.280. The highest BCUT2D eigenvalue weighted by Crippen LogP contribution is 2.31. The van der Waals surface area contributed by atoms with Gasteiger partial charge < -0.3 is 20.0 Å². The summed E-state index contributed by atoms with van der Waals surface area (Å²) < 4.78 is 6.84. The van der Waals surface area contributed by atoms with Gasteiger partial charge in [0.05, 0.1) is 19.0 Å². The maximum atomic E-state index is 13.3. The van der Waals surface area contributed by atoms with Crippen LogP contribution in [-0.4, -0.2) is 46.4 Å². The van der Waals surface area contributed by atoms with Crippen molar-refractivity contribution in [1.82, 2.24) is 9.88 Å². The summed E-state index contributed by atoms with van der Waals surface area (Å²) in [7, 11) is 1.52. The number of nitrogens with zero attached hydrogens (tertiary/aromatic N) is 1. The van der Waals surface area contributed by atoms with Gasteiger partial charge in [-0.2, -0.15) is 0 Å². The van der Waals surface area contributed by atoms with Crippen molar-refractivity contribution in [2.24, 2.45) is 0 Å². The number of nitrogens with one attached hydrogen (secondary N) is 1. The molecule has 178 valence electrons. The van der Waals surface area contributed by atoms with Crippen LogP contribution in [0.15, 0.2) is 42.5 Å². The average Bonchev–Trinajstić information content (AvgIpc) is 3.06. The molecule has 0 fully saturated rings. The standard InChI is InChI=1S/C25H25ClN2O6/c1-14(29)4-10-21(25(32)33)27-23(30)13-19-15(2)28(22-11-9-18(34-3)12-20(19)22)24(31)16-5-7-17(26)8-6-16/h5-9,11-12,21H,4,10,13H2,1-3H3,(H,27,30)(H,32,33)/t21-/m0/s1. The van der Waals surface area contributed by atoms with Gasteiger partial charge in [-0.25, -0.2) is 4.79 Å². The Bertz CT molecular complexity index is 1260. The molecule has 0 saturated carbocycles. The van der Waals surface area contributed by atoms with Crippen molar-refractivity contribution in [2.75, 3.05) is 7.11 Å². The first kappa shape index (κ1) is 25.0. The van der Waals surface area contributed by atoms with Gasteiger partial charge in [-0.1, -0.05) is 11.6 Å². The second kappa shape index (κ2) is 10.5. The molecule has 9 heteroatoms. The van der Waals surface area contributed by atoms with E-state index in [9.17, 15) is 24.3 Å². The average molecular weight is 485 g/mol. The van der Waals surface area contributed by atoms with Crippen LogP contribution >= 0.6 is 11.6 Å². The smallest absolute Gasteiger partial charge is 0.326 e. The van der Waals surface area contributed by atoms with Crippen LogP contribution in [0.2, 0.25) is 5.02 Å². The van der Waals surface area contributed by atoms with Gasteiger partial charge in [-0.05, 0) is 68.3 Å². The number of hydrogen-bond acceptors (Lipinski definition) is 5. The highest BCUT2D eigenvalue weighted by atomic mass is 35.5. The van der Waals surface area contributed by atoms with Gasteiger partial charge in [-0.15, -0.1) is 0 Å². The molecular weight excluding hydrogens is 460 g/mol. The fourth-order valence-corrected chi connectivity index (χ4v) is 3.93. The molecule has 0 bridgehead atoms. The molecule has 0 unspecified atom stereocenters. The minimum absolute atomic E-state index is 0.0000238. The molecule has 3 rings (SSSR count). The lowest BCUT2D eigenvalue weighted by atomic mass is 10.1. The van der Waals surface area contributed by atoms with Gasteiger partial charge in [-0.3, -0.25) is 14.2 Å². The number of carboxylic acids is 1. The number of Topliss-reactive ketones (excluding diaryl/α,β-unsaturated/α-hetero) is 1. The van der Waals surface area contributed by atoms with Gasteiger partial charge in [0.15, 0.2) is 0 Å². The maximum absolute atomic E-state index is 13.3. The van der Waals surface area contributed by atoms with Crippen molar-refractivity contribution in [3.63, 3.8) is 0 Å². The summed E-state index contributed by atoms with van der Waals surface area (Å²) in [5.74, 6) is -1.64. The molecule has 1 amide bonds. The van der Waals surface area contributed by atoms with Gasteiger partial charge in [0.25, 0.3) is 5.91 Å². The summed E-state index contributed by atoms with van der Waals surface area (Å²) in [6.07, 6.45) is -0.108. The summed E-state index contributed by atoms with van der Waals surface area (Å²) in [6, 6.07) is 10.5. The largest absolute Gasteiger partial charge is 0.497 e. The number of benzene rings is 2. The van der Waals surface area contributed by atoms with E-state index in [1.54, 1.807) is 49.4 Å². The fourth-order valence-electron chi connectivity index (χ4n) is 3.81. The number of fused-ring (bicyclic) bond motifs is 1. The number of halogens is 1. The van der Waals surface area contributed by atoms with E-state index in [2.05, 4.69) is 5.32 Å². The van der Waals surface area contributed by atoms with Crippen LogP contribution in [0.3, 0.4) is 0 Å². The number of hydrogen-bond donors (Lipinski definition) is 2. The number of methoxy groups -OCH3 is 1. The lowest BCUT2D eigenvalue weighted by Crippen LogP contribution is -2.41. The zero-order chi connectivity index (χ0) is 25.0. The summed E-state index contributed by atoms with van der Waals surface area (Å²) in [6.45, 7) is 3.09. The molecule has 2 N–H and O–H groups in total.